The number of hydrogen-bond donors (Lipinski definition) is 2. The van der Waals surface area contributed by atoms with E-state index in [1.54, 1.807) is 42.5 Å². The third-order valence-corrected chi connectivity index (χ3v) is 3.91. The summed E-state index contributed by atoms with van der Waals surface area (Å²) in [7, 11) is 0. The van der Waals surface area contributed by atoms with Gasteiger partial charge in [-0.3, -0.25) is 4.79 Å². The lowest BCUT2D eigenvalue weighted by molar-refractivity contribution is 0.0955. The van der Waals surface area contributed by atoms with Crippen molar-refractivity contribution >= 4 is 29.4 Å². The number of ether oxygens (including phenoxy) is 1. The Morgan fingerprint density at radius 1 is 0.929 bits per heavy atom. The number of carbonyl (C=O) groups is 1. The Labute approximate surface area is 166 Å². The molecular weight excluding hydrogens is 378 g/mol. The van der Waals surface area contributed by atoms with Crippen LogP contribution in [0.3, 0.4) is 0 Å². The summed E-state index contributed by atoms with van der Waals surface area (Å²) < 4.78 is 5.74. The number of halogens is 1. The van der Waals surface area contributed by atoms with Gasteiger partial charge < -0.3 is 9.94 Å². The highest BCUT2D eigenvalue weighted by atomic mass is 35.5. The van der Waals surface area contributed by atoms with Crippen molar-refractivity contribution in [3.63, 3.8) is 0 Å². The Hall–Kier alpha value is -3.64. The summed E-state index contributed by atoms with van der Waals surface area (Å²) >= 11 is 5.89. The van der Waals surface area contributed by atoms with Crippen LogP contribution in [0.4, 0.5) is 0 Å². The van der Waals surface area contributed by atoms with Crippen LogP contribution in [0.5, 0.6) is 11.5 Å². The summed E-state index contributed by atoms with van der Waals surface area (Å²) in [5.41, 5.74) is 3.68. The lowest BCUT2D eigenvalue weighted by Gasteiger charge is -2.07. The van der Waals surface area contributed by atoms with Crippen molar-refractivity contribution in [3.05, 3.63) is 95.0 Å². The molecule has 3 aromatic carbocycles. The van der Waals surface area contributed by atoms with E-state index >= 15 is 0 Å². The Morgan fingerprint density at radius 3 is 2.32 bits per heavy atom. The lowest BCUT2D eigenvalue weighted by Crippen LogP contribution is -2.20. The van der Waals surface area contributed by atoms with Gasteiger partial charge in [-0.2, -0.15) is 5.10 Å². The zero-order valence-electron chi connectivity index (χ0n) is 14.6. The molecule has 3 aromatic rings. The van der Waals surface area contributed by atoms with Crippen LogP contribution in [0.15, 0.2) is 89.1 Å². The third kappa shape index (κ3) is 5.18. The van der Waals surface area contributed by atoms with E-state index in [1.165, 1.54) is 6.07 Å². The summed E-state index contributed by atoms with van der Waals surface area (Å²) in [5.74, 6) is 0.920. The minimum Gasteiger partial charge on any atom is -0.457 e. The molecule has 0 radical (unpaired) electrons. The average molecular weight is 394 g/mol. The molecule has 6 nitrogen and oxygen atoms in total. The number of rotatable bonds is 6. The monoisotopic (exact) mass is 393 g/mol. The smallest absolute Gasteiger partial charge is 0.271 e. The molecule has 0 aromatic heterocycles. The molecule has 140 valence electrons. The van der Waals surface area contributed by atoms with Gasteiger partial charge in [-0.1, -0.05) is 41.0 Å². The van der Waals surface area contributed by atoms with Crippen molar-refractivity contribution in [1.82, 2.24) is 5.43 Å². The van der Waals surface area contributed by atoms with Crippen LogP contribution in [0.1, 0.15) is 15.9 Å². The first-order chi connectivity index (χ1) is 13.7. The van der Waals surface area contributed by atoms with Gasteiger partial charge in [-0.15, -0.1) is 0 Å². The lowest BCUT2D eigenvalue weighted by atomic mass is 10.1. The van der Waals surface area contributed by atoms with Gasteiger partial charge >= 0.3 is 0 Å². The molecule has 1 amide bonds. The van der Waals surface area contributed by atoms with E-state index in [0.717, 1.165) is 12.0 Å². The first-order valence-corrected chi connectivity index (χ1v) is 8.68. The maximum absolute atomic E-state index is 12.2. The largest absolute Gasteiger partial charge is 0.457 e. The summed E-state index contributed by atoms with van der Waals surface area (Å²) in [6.45, 7) is 0. The molecule has 7 heteroatoms. The maximum atomic E-state index is 12.2. The second-order valence-electron chi connectivity index (χ2n) is 5.63. The van der Waals surface area contributed by atoms with Gasteiger partial charge in [0.25, 0.3) is 5.91 Å². The quantitative estimate of drug-likeness (QED) is 0.361. The fraction of sp³-hybridized carbons (Fsp3) is 0. The van der Waals surface area contributed by atoms with Gasteiger partial charge in [0, 0.05) is 16.1 Å². The van der Waals surface area contributed by atoms with Crippen LogP contribution in [-0.4, -0.2) is 23.0 Å². The number of oxime groups is 1. The van der Waals surface area contributed by atoms with Crippen molar-refractivity contribution < 1.29 is 14.7 Å². The molecule has 0 aliphatic heterocycles. The topological polar surface area (TPSA) is 83.3 Å². The van der Waals surface area contributed by atoms with Gasteiger partial charge in [-0.05, 0) is 54.6 Å². The van der Waals surface area contributed by atoms with Crippen molar-refractivity contribution in [3.8, 4) is 11.5 Å². The molecule has 0 aliphatic carbocycles. The summed E-state index contributed by atoms with van der Waals surface area (Å²) in [5, 5.41) is 16.4. The van der Waals surface area contributed by atoms with Gasteiger partial charge in [-0.25, -0.2) is 5.43 Å². The van der Waals surface area contributed by atoms with Crippen molar-refractivity contribution in [2.75, 3.05) is 0 Å². The van der Waals surface area contributed by atoms with E-state index in [4.69, 9.17) is 21.5 Å². The van der Waals surface area contributed by atoms with Crippen LogP contribution in [0, 0.1) is 0 Å². The number of para-hydroxylation sites is 1. The van der Waals surface area contributed by atoms with Gasteiger partial charge in [0.15, 0.2) is 0 Å². The van der Waals surface area contributed by atoms with E-state index in [2.05, 4.69) is 15.7 Å². The SMILES string of the molecule is O=C(N/N=C(\C=N\O)c1ccc(Oc2ccccc2)cc1)c1cccc(Cl)c1. The van der Waals surface area contributed by atoms with E-state index in [9.17, 15) is 4.79 Å². The molecule has 0 atom stereocenters. The van der Waals surface area contributed by atoms with Crippen LogP contribution in [0.2, 0.25) is 5.02 Å². The average Bonchev–Trinajstić information content (AvgIpc) is 2.72. The van der Waals surface area contributed by atoms with Gasteiger partial charge in [0.2, 0.25) is 0 Å². The molecule has 0 unspecified atom stereocenters. The first-order valence-electron chi connectivity index (χ1n) is 8.30. The van der Waals surface area contributed by atoms with Crippen molar-refractivity contribution in [1.29, 1.82) is 0 Å². The van der Waals surface area contributed by atoms with E-state index < -0.39 is 5.91 Å². The predicted molar refractivity (Wildman–Crippen MR) is 109 cm³/mol. The molecule has 0 fully saturated rings. The fourth-order valence-electron chi connectivity index (χ4n) is 2.35. The van der Waals surface area contributed by atoms with E-state index in [-0.39, 0.29) is 5.71 Å². The zero-order valence-corrected chi connectivity index (χ0v) is 15.4. The number of amides is 1. The van der Waals surface area contributed by atoms with Gasteiger partial charge in [0.05, 0.1) is 6.21 Å². The van der Waals surface area contributed by atoms with Crippen molar-refractivity contribution in [2.24, 2.45) is 10.3 Å². The second-order valence-corrected chi connectivity index (χ2v) is 6.07. The minimum atomic E-state index is -0.435. The molecule has 0 aliphatic rings. The van der Waals surface area contributed by atoms with Crippen LogP contribution in [0.25, 0.3) is 0 Å². The summed E-state index contributed by atoms with van der Waals surface area (Å²) in [6.07, 6.45) is 1.13. The van der Waals surface area contributed by atoms with Gasteiger partial charge in [0.1, 0.15) is 17.2 Å². The fourth-order valence-corrected chi connectivity index (χ4v) is 2.54. The standard InChI is InChI=1S/C21H16ClN3O3/c22-17-6-4-5-16(13-17)21(26)25-24-20(14-23-27)15-9-11-19(12-10-15)28-18-7-2-1-3-8-18/h1-14,27H,(H,25,26)/b23-14+,24-20+. The Balaban J connectivity index is 1.74. The molecule has 0 bridgehead atoms. The highest BCUT2D eigenvalue weighted by Crippen LogP contribution is 2.21. The van der Waals surface area contributed by atoms with Crippen LogP contribution < -0.4 is 10.2 Å². The van der Waals surface area contributed by atoms with E-state index in [1.807, 2.05) is 30.3 Å². The molecule has 3 rings (SSSR count). The number of nitrogens with zero attached hydrogens (tertiary/aromatic N) is 2. The number of benzene rings is 3. The second kappa shape index (κ2) is 9.34. The molecule has 0 heterocycles. The van der Waals surface area contributed by atoms with Crippen LogP contribution >= 0.6 is 11.6 Å². The number of hydrazone groups is 1. The molecule has 28 heavy (non-hydrogen) atoms. The number of nitrogens with one attached hydrogen (secondary N) is 1. The maximum Gasteiger partial charge on any atom is 0.271 e. The summed E-state index contributed by atoms with van der Waals surface area (Å²) in [6, 6.07) is 22.9. The Morgan fingerprint density at radius 2 is 1.64 bits per heavy atom. The molecule has 2 N–H and O–H groups in total. The molecule has 0 spiro atoms. The highest BCUT2D eigenvalue weighted by molar-refractivity contribution is 6.38. The number of carbonyl (C=O) groups excluding carboxylic acids is 1. The van der Waals surface area contributed by atoms with Crippen LogP contribution in [-0.2, 0) is 0 Å². The number of hydrogen-bond acceptors (Lipinski definition) is 5. The molecule has 0 saturated heterocycles. The molecular formula is C21H16ClN3O3. The van der Waals surface area contributed by atoms with Crippen molar-refractivity contribution in [2.45, 2.75) is 0 Å². The Bertz CT molecular complexity index is 1000. The third-order valence-electron chi connectivity index (χ3n) is 3.67. The zero-order chi connectivity index (χ0) is 19.8. The highest BCUT2D eigenvalue weighted by Gasteiger charge is 2.07. The summed E-state index contributed by atoms with van der Waals surface area (Å²) in [4.78, 5) is 12.2. The molecule has 0 saturated carbocycles. The normalized spacial score (nSPS) is 11.4. The first kappa shape index (κ1) is 19.1. The van der Waals surface area contributed by atoms with E-state index in [0.29, 0.717) is 21.9 Å². The Kier molecular flexibility index (Phi) is 6.38. The minimum absolute atomic E-state index is 0.268. The predicted octanol–water partition coefficient (Wildman–Crippen LogP) is 4.73.